The fourth-order valence-corrected chi connectivity index (χ4v) is 2.19. The van der Waals surface area contributed by atoms with Gasteiger partial charge in [0.05, 0.1) is 0 Å². The van der Waals surface area contributed by atoms with Gasteiger partial charge >= 0.3 is 0 Å². The number of hydrogen-bond donors (Lipinski definition) is 2. The monoisotopic (exact) mass is 178 g/mol. The van der Waals surface area contributed by atoms with E-state index < -0.39 is 0 Å². The van der Waals surface area contributed by atoms with Gasteiger partial charge in [0, 0.05) is 11.4 Å². The second-order valence-corrected chi connectivity index (χ2v) is 4.17. The Balaban J connectivity index is 2.03. The number of aryl methyl sites for hydroxylation is 2. The summed E-state index contributed by atoms with van der Waals surface area (Å²) in [6.07, 6.45) is 2.58. The third-order valence-corrected chi connectivity index (χ3v) is 2.93. The Morgan fingerprint density at radius 2 is 2.31 bits per heavy atom. The first-order valence-electron chi connectivity index (χ1n) is 5.11. The van der Waals surface area contributed by atoms with Crippen LogP contribution in [-0.4, -0.2) is 18.1 Å². The van der Waals surface area contributed by atoms with E-state index in [4.69, 9.17) is 0 Å². The fraction of sp³-hybridized carbons (Fsp3) is 0.636. The molecule has 0 saturated carbocycles. The number of aromatic amines is 1. The average Bonchev–Trinajstić information content (AvgIpc) is 2.63. The van der Waals surface area contributed by atoms with E-state index in [1.165, 1.54) is 42.9 Å². The van der Waals surface area contributed by atoms with Crippen LogP contribution in [0, 0.1) is 19.8 Å². The van der Waals surface area contributed by atoms with Gasteiger partial charge in [-0.25, -0.2) is 0 Å². The molecular formula is C11H18N2. The molecule has 1 aliphatic heterocycles. The van der Waals surface area contributed by atoms with E-state index in [-0.39, 0.29) is 0 Å². The number of H-pyrrole nitrogens is 1. The molecule has 1 saturated heterocycles. The molecule has 0 radical (unpaired) electrons. The van der Waals surface area contributed by atoms with Crippen molar-refractivity contribution in [3.8, 4) is 0 Å². The van der Waals surface area contributed by atoms with Crippen molar-refractivity contribution in [3.05, 3.63) is 23.0 Å². The maximum Gasteiger partial charge on any atom is 0.0150 e. The predicted octanol–water partition coefficient (Wildman–Crippen LogP) is 1.78. The lowest BCUT2D eigenvalue weighted by Gasteiger charge is -2.06. The van der Waals surface area contributed by atoms with Gasteiger partial charge in [-0.3, -0.25) is 0 Å². The predicted molar refractivity (Wildman–Crippen MR) is 54.9 cm³/mol. The van der Waals surface area contributed by atoms with E-state index in [0.29, 0.717) is 0 Å². The van der Waals surface area contributed by atoms with Crippen molar-refractivity contribution in [1.29, 1.82) is 0 Å². The Morgan fingerprint density at radius 3 is 2.85 bits per heavy atom. The molecule has 0 bridgehead atoms. The Kier molecular flexibility index (Phi) is 2.40. The lowest BCUT2D eigenvalue weighted by Crippen LogP contribution is -2.10. The third-order valence-electron chi connectivity index (χ3n) is 2.93. The summed E-state index contributed by atoms with van der Waals surface area (Å²) in [5.74, 6) is 0.855. The van der Waals surface area contributed by atoms with Crippen LogP contribution >= 0.6 is 0 Å². The highest BCUT2D eigenvalue weighted by atomic mass is 14.9. The minimum Gasteiger partial charge on any atom is -0.362 e. The van der Waals surface area contributed by atoms with Crippen molar-refractivity contribution in [2.75, 3.05) is 13.1 Å². The molecule has 1 aromatic rings. The van der Waals surface area contributed by atoms with Gasteiger partial charge < -0.3 is 10.3 Å². The van der Waals surface area contributed by atoms with Crippen molar-refractivity contribution in [1.82, 2.24) is 10.3 Å². The number of aromatic nitrogens is 1. The lowest BCUT2D eigenvalue weighted by atomic mass is 9.99. The molecule has 0 aromatic carbocycles. The molecule has 1 atom stereocenters. The van der Waals surface area contributed by atoms with E-state index in [1.54, 1.807) is 0 Å². The third kappa shape index (κ3) is 1.94. The Morgan fingerprint density at radius 1 is 1.46 bits per heavy atom. The first-order valence-corrected chi connectivity index (χ1v) is 5.11. The number of rotatable bonds is 2. The fourth-order valence-electron chi connectivity index (χ4n) is 2.19. The van der Waals surface area contributed by atoms with Gasteiger partial charge in [-0.2, -0.15) is 0 Å². The lowest BCUT2D eigenvalue weighted by molar-refractivity contribution is 0.579. The summed E-state index contributed by atoms with van der Waals surface area (Å²) in [5.41, 5.74) is 4.15. The Labute approximate surface area is 79.7 Å². The molecule has 2 nitrogen and oxygen atoms in total. The van der Waals surface area contributed by atoms with Crippen molar-refractivity contribution in [2.24, 2.45) is 5.92 Å². The van der Waals surface area contributed by atoms with E-state index >= 15 is 0 Å². The van der Waals surface area contributed by atoms with E-state index in [2.05, 4.69) is 30.2 Å². The van der Waals surface area contributed by atoms with E-state index in [9.17, 15) is 0 Å². The van der Waals surface area contributed by atoms with Crippen LogP contribution in [0.1, 0.15) is 23.4 Å². The maximum atomic E-state index is 3.41. The molecule has 13 heavy (non-hydrogen) atoms. The van der Waals surface area contributed by atoms with Crippen LogP contribution in [0.5, 0.6) is 0 Å². The van der Waals surface area contributed by atoms with Crippen molar-refractivity contribution < 1.29 is 0 Å². The molecule has 1 aromatic heterocycles. The molecule has 0 spiro atoms. The molecular weight excluding hydrogens is 160 g/mol. The highest BCUT2D eigenvalue weighted by Gasteiger charge is 2.16. The second-order valence-electron chi connectivity index (χ2n) is 4.17. The Hall–Kier alpha value is -0.760. The zero-order valence-electron chi connectivity index (χ0n) is 8.48. The van der Waals surface area contributed by atoms with Gasteiger partial charge in [0.25, 0.3) is 0 Å². The molecule has 2 rings (SSSR count). The molecule has 2 heteroatoms. The molecule has 1 aliphatic rings. The highest BCUT2D eigenvalue weighted by molar-refractivity contribution is 5.24. The summed E-state index contributed by atoms with van der Waals surface area (Å²) in [5, 5.41) is 3.41. The van der Waals surface area contributed by atoms with Crippen LogP contribution in [0.25, 0.3) is 0 Å². The van der Waals surface area contributed by atoms with Gasteiger partial charge in [-0.1, -0.05) is 0 Å². The van der Waals surface area contributed by atoms with Gasteiger partial charge in [-0.15, -0.1) is 0 Å². The van der Waals surface area contributed by atoms with E-state index in [1.807, 2.05) is 0 Å². The number of nitrogens with one attached hydrogen (secondary N) is 2. The van der Waals surface area contributed by atoms with Gasteiger partial charge in [0.2, 0.25) is 0 Å². The quantitative estimate of drug-likeness (QED) is 0.710. The summed E-state index contributed by atoms with van der Waals surface area (Å²) in [6, 6.07) is 2.29. The highest BCUT2D eigenvalue weighted by Crippen LogP contribution is 2.18. The largest absolute Gasteiger partial charge is 0.362 e. The molecule has 72 valence electrons. The Bertz CT molecular complexity index is 282. The second kappa shape index (κ2) is 3.54. The summed E-state index contributed by atoms with van der Waals surface area (Å²) < 4.78 is 0. The van der Waals surface area contributed by atoms with Gasteiger partial charge in [-0.05, 0) is 57.3 Å². The molecule has 0 aliphatic carbocycles. The summed E-state index contributed by atoms with van der Waals surface area (Å²) >= 11 is 0. The SMILES string of the molecule is Cc1cc(CC2CCNC2)c(C)[nH]1. The zero-order valence-corrected chi connectivity index (χ0v) is 8.48. The van der Waals surface area contributed by atoms with Crippen molar-refractivity contribution >= 4 is 0 Å². The first kappa shape index (κ1) is 8.82. The van der Waals surface area contributed by atoms with E-state index in [0.717, 1.165) is 5.92 Å². The van der Waals surface area contributed by atoms with Crippen LogP contribution in [0.15, 0.2) is 6.07 Å². The zero-order chi connectivity index (χ0) is 9.26. The molecule has 2 N–H and O–H groups in total. The summed E-state index contributed by atoms with van der Waals surface area (Å²) in [6.45, 7) is 6.70. The van der Waals surface area contributed by atoms with Crippen LogP contribution in [0.3, 0.4) is 0 Å². The van der Waals surface area contributed by atoms with Gasteiger partial charge in [0.1, 0.15) is 0 Å². The molecule has 2 heterocycles. The average molecular weight is 178 g/mol. The minimum atomic E-state index is 0.855. The van der Waals surface area contributed by atoms with Crippen LogP contribution in [0.2, 0.25) is 0 Å². The van der Waals surface area contributed by atoms with Crippen LogP contribution < -0.4 is 5.32 Å². The van der Waals surface area contributed by atoms with Crippen molar-refractivity contribution in [2.45, 2.75) is 26.7 Å². The topological polar surface area (TPSA) is 27.8 Å². The first-order chi connectivity index (χ1) is 6.25. The number of hydrogen-bond acceptors (Lipinski definition) is 1. The molecule has 1 fully saturated rings. The molecule has 1 unspecified atom stereocenters. The maximum absolute atomic E-state index is 3.41. The summed E-state index contributed by atoms with van der Waals surface area (Å²) in [4.78, 5) is 3.36. The van der Waals surface area contributed by atoms with Crippen LogP contribution in [0.4, 0.5) is 0 Å². The minimum absolute atomic E-state index is 0.855. The normalized spacial score (nSPS) is 22.5. The summed E-state index contributed by atoms with van der Waals surface area (Å²) in [7, 11) is 0. The standard InChI is InChI=1S/C11H18N2/c1-8-5-11(9(2)13-8)6-10-3-4-12-7-10/h5,10,12-13H,3-4,6-7H2,1-2H3. The smallest absolute Gasteiger partial charge is 0.0150 e. The van der Waals surface area contributed by atoms with Crippen LogP contribution in [-0.2, 0) is 6.42 Å². The molecule has 0 amide bonds. The van der Waals surface area contributed by atoms with Crippen molar-refractivity contribution in [3.63, 3.8) is 0 Å². The van der Waals surface area contributed by atoms with Gasteiger partial charge in [0.15, 0.2) is 0 Å².